The first-order valence-electron chi connectivity index (χ1n) is 5.46. The van der Waals surface area contributed by atoms with E-state index >= 15 is 0 Å². The predicted molar refractivity (Wildman–Crippen MR) is 62.4 cm³/mol. The highest BCUT2D eigenvalue weighted by Gasteiger charge is 2.28. The highest BCUT2D eigenvalue weighted by Crippen LogP contribution is 2.30. The number of aliphatic hydroxyl groups is 1. The highest BCUT2D eigenvalue weighted by atomic mass is 16.3. The average Bonchev–Trinajstić information content (AvgIpc) is 2.72. The van der Waals surface area contributed by atoms with E-state index in [1.54, 1.807) is 6.92 Å². The zero-order chi connectivity index (χ0) is 11.5. The lowest BCUT2D eigenvalue weighted by Gasteiger charge is -2.15. The Labute approximate surface area is 94.7 Å². The molecule has 1 aliphatic rings. The molecule has 1 aromatic rings. The minimum Gasteiger partial charge on any atom is -0.394 e. The maximum absolute atomic E-state index is 11.9. The minimum absolute atomic E-state index is 0.0287. The second-order valence-corrected chi connectivity index (χ2v) is 4.11. The van der Waals surface area contributed by atoms with E-state index in [4.69, 9.17) is 5.11 Å². The normalized spacial score (nSPS) is 19.8. The Morgan fingerprint density at radius 2 is 2.38 bits per heavy atom. The number of carbonyl (C=O) groups is 1. The molecule has 3 N–H and O–H groups in total. The molecule has 2 unspecified atom stereocenters. The van der Waals surface area contributed by atoms with Crippen LogP contribution in [0.3, 0.4) is 0 Å². The number of para-hydroxylation sites is 1. The third-order valence-electron chi connectivity index (χ3n) is 2.81. The molecule has 0 saturated heterocycles. The van der Waals surface area contributed by atoms with Crippen molar-refractivity contribution in [3.05, 3.63) is 29.8 Å². The fourth-order valence-electron chi connectivity index (χ4n) is 1.91. The van der Waals surface area contributed by atoms with E-state index in [-0.39, 0.29) is 24.5 Å². The molecule has 1 aromatic carbocycles. The zero-order valence-corrected chi connectivity index (χ0v) is 9.23. The summed E-state index contributed by atoms with van der Waals surface area (Å²) in [7, 11) is 0. The van der Waals surface area contributed by atoms with Gasteiger partial charge in [-0.05, 0) is 18.6 Å². The molecule has 0 fully saturated rings. The summed E-state index contributed by atoms with van der Waals surface area (Å²) < 4.78 is 0. The molecule has 1 heterocycles. The molecule has 16 heavy (non-hydrogen) atoms. The van der Waals surface area contributed by atoms with Crippen LogP contribution in [0.5, 0.6) is 0 Å². The Hall–Kier alpha value is -1.55. The fourth-order valence-corrected chi connectivity index (χ4v) is 1.91. The SMILES string of the molecule is CC(CO)NC(=O)C1CNc2ccccc21. The van der Waals surface area contributed by atoms with Gasteiger partial charge in [0.1, 0.15) is 0 Å². The third-order valence-corrected chi connectivity index (χ3v) is 2.81. The Balaban J connectivity index is 2.10. The van der Waals surface area contributed by atoms with Crippen LogP contribution in [-0.2, 0) is 4.79 Å². The van der Waals surface area contributed by atoms with E-state index in [0.29, 0.717) is 6.54 Å². The number of fused-ring (bicyclic) bond motifs is 1. The van der Waals surface area contributed by atoms with Crippen LogP contribution < -0.4 is 10.6 Å². The van der Waals surface area contributed by atoms with Crippen molar-refractivity contribution in [1.29, 1.82) is 0 Å². The van der Waals surface area contributed by atoms with Crippen LogP contribution in [0, 0.1) is 0 Å². The maximum atomic E-state index is 11.9. The number of aliphatic hydroxyl groups excluding tert-OH is 1. The quantitative estimate of drug-likeness (QED) is 0.702. The van der Waals surface area contributed by atoms with Gasteiger partial charge >= 0.3 is 0 Å². The van der Waals surface area contributed by atoms with Gasteiger partial charge in [0.25, 0.3) is 0 Å². The zero-order valence-electron chi connectivity index (χ0n) is 9.23. The number of nitrogens with one attached hydrogen (secondary N) is 2. The van der Waals surface area contributed by atoms with Gasteiger partial charge in [-0.3, -0.25) is 4.79 Å². The molecule has 86 valence electrons. The van der Waals surface area contributed by atoms with E-state index in [0.717, 1.165) is 11.3 Å². The fraction of sp³-hybridized carbons (Fsp3) is 0.417. The smallest absolute Gasteiger partial charge is 0.229 e. The van der Waals surface area contributed by atoms with Crippen LogP contribution in [0.4, 0.5) is 5.69 Å². The van der Waals surface area contributed by atoms with Crippen molar-refractivity contribution in [1.82, 2.24) is 5.32 Å². The minimum atomic E-state index is -0.194. The summed E-state index contributed by atoms with van der Waals surface area (Å²) in [4.78, 5) is 11.9. The predicted octanol–water partition coefficient (Wildman–Crippen LogP) is 0.693. The molecule has 0 aliphatic carbocycles. The van der Waals surface area contributed by atoms with Gasteiger partial charge in [-0.2, -0.15) is 0 Å². The molecule has 1 amide bonds. The summed E-state index contributed by atoms with van der Waals surface area (Å²) in [6.45, 7) is 2.38. The second-order valence-electron chi connectivity index (χ2n) is 4.11. The molecule has 0 aromatic heterocycles. The van der Waals surface area contributed by atoms with E-state index in [1.165, 1.54) is 0 Å². The Bertz CT molecular complexity index is 392. The largest absolute Gasteiger partial charge is 0.394 e. The van der Waals surface area contributed by atoms with Crippen LogP contribution in [0.2, 0.25) is 0 Å². The number of benzene rings is 1. The lowest BCUT2D eigenvalue weighted by molar-refractivity contribution is -0.123. The summed E-state index contributed by atoms with van der Waals surface area (Å²) in [6, 6.07) is 7.62. The highest BCUT2D eigenvalue weighted by molar-refractivity contribution is 5.88. The molecule has 0 saturated carbocycles. The van der Waals surface area contributed by atoms with Crippen LogP contribution in [0.15, 0.2) is 24.3 Å². The van der Waals surface area contributed by atoms with Crippen LogP contribution in [0.25, 0.3) is 0 Å². The first-order valence-corrected chi connectivity index (χ1v) is 5.46. The number of hydrogen-bond acceptors (Lipinski definition) is 3. The molecular weight excluding hydrogens is 204 g/mol. The summed E-state index contributed by atoms with van der Waals surface area (Å²) in [5.74, 6) is -0.177. The lowest BCUT2D eigenvalue weighted by Crippen LogP contribution is -2.38. The standard InChI is InChI=1S/C12H16N2O2/c1-8(7-15)14-12(16)10-6-13-11-5-3-2-4-9(10)11/h2-5,8,10,13,15H,6-7H2,1H3,(H,14,16). The molecule has 4 nitrogen and oxygen atoms in total. The first-order chi connectivity index (χ1) is 7.72. The summed E-state index contributed by atoms with van der Waals surface area (Å²) in [5, 5.41) is 14.9. The molecule has 0 bridgehead atoms. The van der Waals surface area contributed by atoms with Crippen molar-refractivity contribution in [2.24, 2.45) is 0 Å². The van der Waals surface area contributed by atoms with Crippen molar-refractivity contribution in [2.75, 3.05) is 18.5 Å². The topological polar surface area (TPSA) is 61.4 Å². The number of rotatable bonds is 3. The number of hydrogen-bond donors (Lipinski definition) is 3. The van der Waals surface area contributed by atoms with Crippen molar-refractivity contribution >= 4 is 11.6 Å². The van der Waals surface area contributed by atoms with E-state index in [1.807, 2.05) is 24.3 Å². The Kier molecular flexibility index (Phi) is 3.10. The monoisotopic (exact) mass is 220 g/mol. The van der Waals surface area contributed by atoms with Gasteiger partial charge in [-0.15, -0.1) is 0 Å². The summed E-state index contributed by atoms with van der Waals surface area (Å²) in [5.41, 5.74) is 2.06. The van der Waals surface area contributed by atoms with Crippen molar-refractivity contribution in [3.63, 3.8) is 0 Å². The molecule has 2 rings (SSSR count). The van der Waals surface area contributed by atoms with Crippen molar-refractivity contribution in [3.8, 4) is 0 Å². The van der Waals surface area contributed by atoms with Gasteiger partial charge in [-0.25, -0.2) is 0 Å². The van der Waals surface area contributed by atoms with Gasteiger partial charge in [0.2, 0.25) is 5.91 Å². The van der Waals surface area contributed by atoms with Crippen LogP contribution in [-0.4, -0.2) is 30.2 Å². The number of amides is 1. The summed E-state index contributed by atoms with van der Waals surface area (Å²) >= 11 is 0. The van der Waals surface area contributed by atoms with Gasteiger partial charge in [0.15, 0.2) is 0 Å². The van der Waals surface area contributed by atoms with Crippen molar-refractivity contribution in [2.45, 2.75) is 18.9 Å². The Morgan fingerprint density at radius 1 is 1.62 bits per heavy atom. The van der Waals surface area contributed by atoms with Crippen LogP contribution in [0.1, 0.15) is 18.4 Å². The average molecular weight is 220 g/mol. The molecular formula is C12H16N2O2. The summed E-state index contributed by atoms with van der Waals surface area (Å²) in [6.07, 6.45) is 0. The number of anilines is 1. The molecule has 1 aliphatic heterocycles. The van der Waals surface area contributed by atoms with E-state index in [2.05, 4.69) is 10.6 Å². The molecule has 4 heteroatoms. The maximum Gasteiger partial charge on any atom is 0.229 e. The van der Waals surface area contributed by atoms with Gasteiger partial charge in [0.05, 0.1) is 12.5 Å². The van der Waals surface area contributed by atoms with Gasteiger partial charge in [-0.1, -0.05) is 18.2 Å². The van der Waals surface area contributed by atoms with Gasteiger partial charge in [0, 0.05) is 18.3 Å². The Morgan fingerprint density at radius 3 is 3.12 bits per heavy atom. The van der Waals surface area contributed by atoms with Crippen LogP contribution >= 0.6 is 0 Å². The molecule has 0 radical (unpaired) electrons. The van der Waals surface area contributed by atoms with Crippen molar-refractivity contribution < 1.29 is 9.90 Å². The molecule has 0 spiro atoms. The first kappa shape index (κ1) is 11.0. The molecule has 2 atom stereocenters. The third kappa shape index (κ3) is 2.02. The lowest BCUT2D eigenvalue weighted by atomic mass is 10.0. The van der Waals surface area contributed by atoms with E-state index in [9.17, 15) is 4.79 Å². The van der Waals surface area contributed by atoms with Gasteiger partial charge < -0.3 is 15.7 Å². The number of carbonyl (C=O) groups excluding carboxylic acids is 1. The second kappa shape index (κ2) is 4.53. The van der Waals surface area contributed by atoms with E-state index < -0.39 is 0 Å².